The summed E-state index contributed by atoms with van der Waals surface area (Å²) in [6, 6.07) is 22.4. The lowest BCUT2D eigenvalue weighted by Crippen LogP contribution is -2.51. The lowest BCUT2D eigenvalue weighted by Gasteiger charge is -2.31. The van der Waals surface area contributed by atoms with Gasteiger partial charge in [-0.2, -0.15) is 0 Å². The van der Waals surface area contributed by atoms with Crippen LogP contribution in [0.3, 0.4) is 0 Å². The van der Waals surface area contributed by atoms with Crippen LogP contribution < -0.4 is 10.1 Å². The fourth-order valence-corrected chi connectivity index (χ4v) is 3.68. The number of likely N-dealkylation sites (N-methyl/N-ethyl adjacent to an activating group) is 1. The second-order valence-electron chi connectivity index (χ2n) is 8.03. The SMILES string of the molecule is CCNC(=O)[C@@H](Cc1ccccc1)N(Cc1ccc(F)cc1)C(=O)COc1ccc(CC)cc1. The molecule has 3 aromatic rings. The Hall–Kier alpha value is -3.67. The van der Waals surface area contributed by atoms with Crippen molar-refractivity contribution in [2.24, 2.45) is 0 Å². The van der Waals surface area contributed by atoms with Gasteiger partial charge in [-0.05, 0) is 54.3 Å². The van der Waals surface area contributed by atoms with E-state index in [4.69, 9.17) is 4.74 Å². The monoisotopic (exact) mass is 462 g/mol. The number of ether oxygens (including phenoxy) is 1. The Morgan fingerprint density at radius 3 is 2.15 bits per heavy atom. The molecule has 1 atom stereocenters. The van der Waals surface area contributed by atoms with Gasteiger partial charge in [-0.15, -0.1) is 0 Å². The third-order valence-corrected chi connectivity index (χ3v) is 5.58. The summed E-state index contributed by atoms with van der Waals surface area (Å²) in [4.78, 5) is 28.0. The molecule has 1 N–H and O–H groups in total. The summed E-state index contributed by atoms with van der Waals surface area (Å²) < 4.78 is 19.2. The van der Waals surface area contributed by atoms with E-state index in [1.54, 1.807) is 12.1 Å². The van der Waals surface area contributed by atoms with Gasteiger partial charge in [0, 0.05) is 19.5 Å². The Morgan fingerprint density at radius 1 is 0.882 bits per heavy atom. The quantitative estimate of drug-likeness (QED) is 0.455. The molecule has 34 heavy (non-hydrogen) atoms. The van der Waals surface area contributed by atoms with Crippen LogP contribution in [-0.4, -0.2) is 35.9 Å². The van der Waals surface area contributed by atoms with E-state index in [1.807, 2.05) is 61.5 Å². The molecule has 0 bridgehead atoms. The van der Waals surface area contributed by atoms with Gasteiger partial charge < -0.3 is 15.0 Å². The number of rotatable bonds is 11. The molecular weight excluding hydrogens is 431 g/mol. The number of benzene rings is 3. The van der Waals surface area contributed by atoms with Gasteiger partial charge in [0.05, 0.1) is 0 Å². The van der Waals surface area contributed by atoms with Crippen LogP contribution in [0, 0.1) is 5.82 Å². The Balaban J connectivity index is 1.85. The molecule has 0 spiro atoms. The average Bonchev–Trinajstić information content (AvgIpc) is 2.87. The van der Waals surface area contributed by atoms with Crippen LogP contribution in [-0.2, 0) is 29.0 Å². The first-order chi connectivity index (χ1) is 16.5. The van der Waals surface area contributed by atoms with Gasteiger partial charge in [0.15, 0.2) is 6.61 Å². The molecule has 5 nitrogen and oxygen atoms in total. The minimum atomic E-state index is -0.744. The zero-order valence-electron chi connectivity index (χ0n) is 19.7. The van der Waals surface area contributed by atoms with Crippen molar-refractivity contribution in [2.45, 2.75) is 39.3 Å². The molecule has 0 heterocycles. The largest absolute Gasteiger partial charge is 0.484 e. The molecule has 0 aliphatic rings. The third-order valence-electron chi connectivity index (χ3n) is 5.58. The Kier molecular flexibility index (Phi) is 9.21. The highest BCUT2D eigenvalue weighted by Gasteiger charge is 2.30. The summed E-state index contributed by atoms with van der Waals surface area (Å²) in [7, 11) is 0. The van der Waals surface area contributed by atoms with Crippen molar-refractivity contribution in [1.29, 1.82) is 0 Å². The summed E-state index contributed by atoms with van der Waals surface area (Å²) >= 11 is 0. The Morgan fingerprint density at radius 2 is 1.53 bits per heavy atom. The summed E-state index contributed by atoms with van der Waals surface area (Å²) in [6.45, 7) is 4.31. The van der Waals surface area contributed by atoms with E-state index in [0.717, 1.165) is 17.5 Å². The Labute approximate surface area is 200 Å². The molecular formula is C28H31FN2O3. The lowest BCUT2D eigenvalue weighted by molar-refractivity contribution is -0.142. The number of aryl methyl sites for hydroxylation is 1. The molecule has 0 saturated carbocycles. The zero-order chi connectivity index (χ0) is 24.3. The maximum Gasteiger partial charge on any atom is 0.261 e. The standard InChI is InChI=1S/C28H31FN2O3/c1-3-21-12-16-25(17-13-21)34-20-27(32)31(19-23-10-14-24(29)15-11-23)26(28(33)30-4-2)18-22-8-6-5-7-9-22/h5-17,26H,3-4,18-20H2,1-2H3,(H,30,33)/t26-/m1/s1. The molecule has 0 aromatic heterocycles. The normalized spacial score (nSPS) is 11.5. The van der Waals surface area contributed by atoms with Crippen LogP contribution in [0.1, 0.15) is 30.5 Å². The second-order valence-corrected chi connectivity index (χ2v) is 8.03. The van der Waals surface area contributed by atoms with Crippen LogP contribution in [0.25, 0.3) is 0 Å². The summed E-state index contributed by atoms with van der Waals surface area (Å²) in [5.41, 5.74) is 2.84. The van der Waals surface area contributed by atoms with Crippen LogP contribution in [0.2, 0.25) is 0 Å². The molecule has 3 aromatic carbocycles. The summed E-state index contributed by atoms with van der Waals surface area (Å²) in [5.74, 6) is -0.333. The van der Waals surface area contributed by atoms with Gasteiger partial charge in [0.1, 0.15) is 17.6 Å². The number of hydrogen-bond acceptors (Lipinski definition) is 3. The predicted molar refractivity (Wildman–Crippen MR) is 131 cm³/mol. The fraction of sp³-hybridized carbons (Fsp3) is 0.286. The molecule has 0 aliphatic heterocycles. The van der Waals surface area contributed by atoms with E-state index in [0.29, 0.717) is 18.7 Å². The molecule has 3 rings (SSSR count). The van der Waals surface area contributed by atoms with Crippen molar-refractivity contribution in [2.75, 3.05) is 13.2 Å². The molecule has 0 saturated heterocycles. The van der Waals surface area contributed by atoms with E-state index >= 15 is 0 Å². The van der Waals surface area contributed by atoms with E-state index in [1.165, 1.54) is 22.6 Å². The minimum Gasteiger partial charge on any atom is -0.484 e. The van der Waals surface area contributed by atoms with E-state index < -0.39 is 6.04 Å². The molecule has 2 amide bonds. The van der Waals surface area contributed by atoms with Gasteiger partial charge in [-0.25, -0.2) is 4.39 Å². The highest BCUT2D eigenvalue weighted by Crippen LogP contribution is 2.17. The number of halogens is 1. The van der Waals surface area contributed by atoms with E-state index in [2.05, 4.69) is 12.2 Å². The highest BCUT2D eigenvalue weighted by atomic mass is 19.1. The lowest BCUT2D eigenvalue weighted by atomic mass is 10.0. The first-order valence-corrected chi connectivity index (χ1v) is 11.6. The zero-order valence-corrected chi connectivity index (χ0v) is 19.7. The number of nitrogens with zero attached hydrogens (tertiary/aromatic N) is 1. The molecule has 0 aliphatic carbocycles. The fourth-order valence-electron chi connectivity index (χ4n) is 3.68. The number of amides is 2. The van der Waals surface area contributed by atoms with Gasteiger partial charge in [-0.1, -0.05) is 61.5 Å². The van der Waals surface area contributed by atoms with Crippen molar-refractivity contribution in [1.82, 2.24) is 10.2 Å². The maximum absolute atomic E-state index is 13.5. The maximum atomic E-state index is 13.5. The number of nitrogens with one attached hydrogen (secondary N) is 1. The topological polar surface area (TPSA) is 58.6 Å². The highest BCUT2D eigenvalue weighted by molar-refractivity contribution is 5.88. The van der Waals surface area contributed by atoms with Gasteiger partial charge in [0.2, 0.25) is 5.91 Å². The number of carbonyl (C=O) groups excluding carboxylic acids is 2. The predicted octanol–water partition coefficient (Wildman–Crippen LogP) is 4.54. The minimum absolute atomic E-state index is 0.159. The van der Waals surface area contributed by atoms with Gasteiger partial charge >= 0.3 is 0 Å². The first-order valence-electron chi connectivity index (χ1n) is 11.6. The molecule has 0 unspecified atom stereocenters. The summed E-state index contributed by atoms with van der Waals surface area (Å²) in [5, 5.41) is 2.85. The van der Waals surface area contributed by atoms with Crippen molar-refractivity contribution in [3.05, 3.63) is 101 Å². The average molecular weight is 463 g/mol. The van der Waals surface area contributed by atoms with Crippen LogP contribution in [0.15, 0.2) is 78.9 Å². The molecule has 178 valence electrons. The van der Waals surface area contributed by atoms with E-state index in [9.17, 15) is 14.0 Å². The van der Waals surface area contributed by atoms with Crippen molar-refractivity contribution in [3.8, 4) is 5.75 Å². The van der Waals surface area contributed by atoms with Crippen LogP contribution >= 0.6 is 0 Å². The Bertz CT molecular complexity index is 1050. The third kappa shape index (κ3) is 7.17. The number of carbonyl (C=O) groups is 2. The molecule has 6 heteroatoms. The van der Waals surface area contributed by atoms with Crippen LogP contribution in [0.4, 0.5) is 4.39 Å². The van der Waals surface area contributed by atoms with Crippen LogP contribution in [0.5, 0.6) is 5.75 Å². The van der Waals surface area contributed by atoms with E-state index in [-0.39, 0.29) is 30.8 Å². The van der Waals surface area contributed by atoms with Crippen molar-refractivity contribution < 1.29 is 18.7 Å². The smallest absolute Gasteiger partial charge is 0.261 e. The van der Waals surface area contributed by atoms with Crippen molar-refractivity contribution >= 4 is 11.8 Å². The second kappa shape index (κ2) is 12.5. The van der Waals surface area contributed by atoms with Crippen molar-refractivity contribution in [3.63, 3.8) is 0 Å². The first kappa shape index (κ1) is 25.0. The summed E-state index contributed by atoms with van der Waals surface area (Å²) in [6.07, 6.45) is 1.27. The molecule has 0 fully saturated rings. The van der Waals surface area contributed by atoms with Gasteiger partial charge in [0.25, 0.3) is 5.91 Å². The number of hydrogen-bond donors (Lipinski definition) is 1. The molecule has 0 radical (unpaired) electrons. The van der Waals surface area contributed by atoms with Gasteiger partial charge in [-0.3, -0.25) is 9.59 Å².